The van der Waals surface area contributed by atoms with Crippen molar-refractivity contribution in [3.63, 3.8) is 0 Å². The Morgan fingerprint density at radius 3 is 2.21 bits per heavy atom. The number of nitrogens with one attached hydrogen (secondary N) is 1. The van der Waals surface area contributed by atoms with Crippen molar-refractivity contribution in [1.29, 1.82) is 0 Å². The Hall–Kier alpha value is -3.72. The quantitative estimate of drug-likeness (QED) is 0.384. The van der Waals surface area contributed by atoms with Crippen LogP contribution in [0.4, 0.5) is 10.1 Å². The van der Waals surface area contributed by atoms with E-state index in [1.807, 2.05) is 26.8 Å². The van der Waals surface area contributed by atoms with Gasteiger partial charge in [0.1, 0.15) is 18.4 Å². The molecule has 0 heterocycles. The van der Waals surface area contributed by atoms with Gasteiger partial charge in [-0.1, -0.05) is 49.4 Å². The van der Waals surface area contributed by atoms with Gasteiger partial charge in [-0.3, -0.25) is 13.9 Å². The summed E-state index contributed by atoms with van der Waals surface area (Å²) in [5.41, 5.74) is 1.77. The second-order valence-corrected chi connectivity index (χ2v) is 11.2. The topological polar surface area (TPSA) is 86.8 Å². The van der Waals surface area contributed by atoms with Crippen LogP contribution in [0.5, 0.6) is 0 Å². The highest BCUT2D eigenvalue weighted by atomic mass is 32.2. The number of sulfonamides is 1. The van der Waals surface area contributed by atoms with Gasteiger partial charge < -0.3 is 10.2 Å². The number of carbonyl (C=O) groups is 2. The van der Waals surface area contributed by atoms with Crippen LogP contribution >= 0.6 is 0 Å². The SMILES string of the molecule is CC[C@H](C)NC(=O)[C@@H](C)N(Cc1ccc(F)cc1)C(=O)CN(c1cccc(C)c1)S(=O)(=O)c1ccccc1. The van der Waals surface area contributed by atoms with E-state index in [0.717, 1.165) is 9.87 Å². The van der Waals surface area contributed by atoms with Crippen molar-refractivity contribution >= 4 is 27.5 Å². The number of amides is 2. The largest absolute Gasteiger partial charge is 0.352 e. The Morgan fingerprint density at radius 1 is 0.947 bits per heavy atom. The Kier molecular flexibility index (Phi) is 9.63. The van der Waals surface area contributed by atoms with Crippen LogP contribution in [0.3, 0.4) is 0 Å². The third-order valence-electron chi connectivity index (χ3n) is 6.33. The molecule has 2 amide bonds. The predicted octanol–water partition coefficient (Wildman–Crippen LogP) is 4.66. The summed E-state index contributed by atoms with van der Waals surface area (Å²) in [6.45, 7) is 6.71. The van der Waals surface area contributed by atoms with Gasteiger partial charge in [0.2, 0.25) is 11.8 Å². The number of rotatable bonds is 11. The Labute approximate surface area is 224 Å². The molecule has 0 bridgehead atoms. The van der Waals surface area contributed by atoms with Crippen molar-refractivity contribution in [3.8, 4) is 0 Å². The van der Waals surface area contributed by atoms with Crippen LogP contribution in [-0.2, 0) is 26.2 Å². The second kappa shape index (κ2) is 12.7. The van der Waals surface area contributed by atoms with E-state index in [-0.39, 0.29) is 23.4 Å². The van der Waals surface area contributed by atoms with Gasteiger partial charge in [-0.25, -0.2) is 12.8 Å². The summed E-state index contributed by atoms with van der Waals surface area (Å²) in [6.07, 6.45) is 0.709. The zero-order valence-corrected chi connectivity index (χ0v) is 22.9. The molecule has 0 spiro atoms. The highest BCUT2D eigenvalue weighted by Crippen LogP contribution is 2.25. The summed E-state index contributed by atoms with van der Waals surface area (Å²) >= 11 is 0. The molecule has 0 saturated carbocycles. The van der Waals surface area contributed by atoms with E-state index < -0.39 is 34.3 Å². The van der Waals surface area contributed by atoms with Crippen LogP contribution in [0, 0.1) is 12.7 Å². The smallest absolute Gasteiger partial charge is 0.264 e. The number of benzene rings is 3. The maximum Gasteiger partial charge on any atom is 0.264 e. The second-order valence-electron chi connectivity index (χ2n) is 9.31. The Bertz CT molecular complexity index is 1350. The summed E-state index contributed by atoms with van der Waals surface area (Å²) in [4.78, 5) is 28.2. The summed E-state index contributed by atoms with van der Waals surface area (Å²) in [5.74, 6) is -1.35. The Balaban J connectivity index is 2.01. The van der Waals surface area contributed by atoms with Crippen LogP contribution in [0.15, 0.2) is 83.8 Å². The van der Waals surface area contributed by atoms with Crippen molar-refractivity contribution < 1.29 is 22.4 Å². The molecule has 0 radical (unpaired) electrons. The van der Waals surface area contributed by atoms with Crippen molar-refractivity contribution in [2.24, 2.45) is 0 Å². The summed E-state index contributed by atoms with van der Waals surface area (Å²) in [7, 11) is -4.11. The maximum atomic E-state index is 13.8. The standard InChI is InChI=1S/C29H34FN3O4S/c1-5-22(3)31-29(35)23(4)32(19-24-14-16-25(30)17-15-24)28(34)20-33(26-11-9-10-21(2)18-26)38(36,37)27-12-7-6-8-13-27/h6-18,22-23H,5,19-20H2,1-4H3,(H,31,35)/t22-,23+/m0/s1. The maximum absolute atomic E-state index is 13.8. The highest BCUT2D eigenvalue weighted by molar-refractivity contribution is 7.92. The van der Waals surface area contributed by atoms with E-state index in [0.29, 0.717) is 17.7 Å². The van der Waals surface area contributed by atoms with Gasteiger partial charge in [-0.05, 0) is 74.7 Å². The molecule has 0 fully saturated rings. The number of anilines is 1. The van der Waals surface area contributed by atoms with Crippen LogP contribution in [-0.4, -0.2) is 43.8 Å². The predicted molar refractivity (Wildman–Crippen MR) is 146 cm³/mol. The summed E-state index contributed by atoms with van der Waals surface area (Å²) < 4.78 is 42.0. The molecule has 9 heteroatoms. The Morgan fingerprint density at radius 2 is 1.61 bits per heavy atom. The minimum absolute atomic E-state index is 0.00124. The third kappa shape index (κ3) is 7.19. The molecular formula is C29H34FN3O4S. The number of hydrogen-bond acceptors (Lipinski definition) is 4. The lowest BCUT2D eigenvalue weighted by Crippen LogP contribution is -2.52. The monoisotopic (exact) mass is 539 g/mol. The van der Waals surface area contributed by atoms with Gasteiger partial charge in [-0.2, -0.15) is 0 Å². The molecule has 0 saturated heterocycles. The molecule has 3 aromatic carbocycles. The van der Waals surface area contributed by atoms with Crippen molar-refractivity contribution in [1.82, 2.24) is 10.2 Å². The van der Waals surface area contributed by atoms with E-state index in [2.05, 4.69) is 5.32 Å². The van der Waals surface area contributed by atoms with Crippen molar-refractivity contribution in [3.05, 3.63) is 95.8 Å². The van der Waals surface area contributed by atoms with Crippen LogP contribution in [0.2, 0.25) is 0 Å². The molecule has 0 aliphatic rings. The summed E-state index contributed by atoms with van der Waals surface area (Å²) in [5, 5.41) is 2.88. The average molecular weight is 540 g/mol. The van der Waals surface area contributed by atoms with E-state index in [9.17, 15) is 22.4 Å². The third-order valence-corrected chi connectivity index (χ3v) is 8.12. The number of hydrogen-bond donors (Lipinski definition) is 1. The minimum atomic E-state index is -4.11. The first-order valence-corrected chi connectivity index (χ1v) is 14.0. The molecule has 202 valence electrons. The van der Waals surface area contributed by atoms with E-state index in [1.54, 1.807) is 43.3 Å². The number of nitrogens with zero attached hydrogens (tertiary/aromatic N) is 2. The zero-order valence-electron chi connectivity index (χ0n) is 22.1. The van der Waals surface area contributed by atoms with Gasteiger partial charge in [-0.15, -0.1) is 0 Å². The van der Waals surface area contributed by atoms with Gasteiger partial charge in [0.15, 0.2) is 0 Å². The molecule has 0 aliphatic carbocycles. The van der Waals surface area contributed by atoms with E-state index in [1.165, 1.54) is 41.3 Å². The molecular weight excluding hydrogens is 505 g/mol. The lowest BCUT2D eigenvalue weighted by molar-refractivity contribution is -0.139. The first-order valence-electron chi connectivity index (χ1n) is 12.5. The highest BCUT2D eigenvalue weighted by Gasteiger charge is 2.32. The van der Waals surface area contributed by atoms with Crippen LogP contribution in [0.1, 0.15) is 38.3 Å². The molecule has 1 N–H and O–H groups in total. The normalized spacial score (nSPS) is 12.9. The van der Waals surface area contributed by atoms with Crippen molar-refractivity contribution in [2.75, 3.05) is 10.8 Å². The first kappa shape index (κ1) is 28.8. The molecule has 0 aromatic heterocycles. The zero-order chi connectivity index (χ0) is 27.9. The lowest BCUT2D eigenvalue weighted by Gasteiger charge is -2.32. The molecule has 0 unspecified atom stereocenters. The molecule has 7 nitrogen and oxygen atoms in total. The molecule has 38 heavy (non-hydrogen) atoms. The fourth-order valence-corrected chi connectivity index (χ4v) is 5.29. The number of carbonyl (C=O) groups excluding carboxylic acids is 2. The summed E-state index contributed by atoms with van der Waals surface area (Å²) in [6, 6.07) is 19.4. The van der Waals surface area contributed by atoms with Crippen LogP contribution < -0.4 is 9.62 Å². The number of halogens is 1. The van der Waals surface area contributed by atoms with Gasteiger partial charge in [0, 0.05) is 12.6 Å². The fraction of sp³-hybridized carbons (Fsp3) is 0.310. The first-order chi connectivity index (χ1) is 18.0. The number of aryl methyl sites for hydroxylation is 1. The molecule has 3 rings (SSSR count). The average Bonchev–Trinajstić information content (AvgIpc) is 2.91. The van der Waals surface area contributed by atoms with E-state index >= 15 is 0 Å². The van der Waals surface area contributed by atoms with Gasteiger partial charge >= 0.3 is 0 Å². The molecule has 0 aliphatic heterocycles. The minimum Gasteiger partial charge on any atom is -0.352 e. The van der Waals surface area contributed by atoms with Gasteiger partial charge in [0.25, 0.3) is 10.0 Å². The molecule has 3 aromatic rings. The molecule has 2 atom stereocenters. The fourth-order valence-electron chi connectivity index (χ4n) is 3.87. The van der Waals surface area contributed by atoms with Crippen molar-refractivity contribution in [2.45, 2.75) is 57.6 Å². The van der Waals surface area contributed by atoms with Crippen LogP contribution in [0.25, 0.3) is 0 Å². The lowest BCUT2D eigenvalue weighted by atomic mass is 10.1. The van der Waals surface area contributed by atoms with Gasteiger partial charge in [0.05, 0.1) is 10.6 Å². The van der Waals surface area contributed by atoms with E-state index in [4.69, 9.17) is 0 Å².